The van der Waals surface area contributed by atoms with Gasteiger partial charge in [0.1, 0.15) is 18.8 Å². The van der Waals surface area contributed by atoms with Gasteiger partial charge in [0.05, 0.1) is 25.1 Å². The highest BCUT2D eigenvalue weighted by Crippen LogP contribution is 2.47. The van der Waals surface area contributed by atoms with Gasteiger partial charge in [-0.25, -0.2) is 9.78 Å². The van der Waals surface area contributed by atoms with Crippen LogP contribution in [0.4, 0.5) is 5.95 Å². The van der Waals surface area contributed by atoms with E-state index in [-0.39, 0.29) is 48.8 Å². The van der Waals surface area contributed by atoms with Crippen LogP contribution in [0.5, 0.6) is 0 Å². The molecule has 2 aromatic heterocycles. The summed E-state index contributed by atoms with van der Waals surface area (Å²) < 4.78 is 26.4. The topological polar surface area (TPSA) is 147 Å². The van der Waals surface area contributed by atoms with E-state index in [1.54, 1.807) is 42.7 Å². The van der Waals surface area contributed by atoms with E-state index in [0.29, 0.717) is 5.56 Å². The molecular formula is C29H29N5O7. The maximum Gasteiger partial charge on any atom is 0.338 e. The summed E-state index contributed by atoms with van der Waals surface area (Å²) in [5, 5.41) is 2.62. The second-order valence-electron chi connectivity index (χ2n) is 10.4. The average Bonchev–Trinajstić information content (AvgIpc) is 3.65. The van der Waals surface area contributed by atoms with Gasteiger partial charge in [0.15, 0.2) is 23.0 Å². The van der Waals surface area contributed by atoms with Crippen molar-refractivity contribution in [1.29, 1.82) is 0 Å². The van der Waals surface area contributed by atoms with Crippen molar-refractivity contribution >= 4 is 29.0 Å². The number of aromatic nitrogens is 4. The lowest BCUT2D eigenvalue weighted by molar-refractivity contribution is -0.187. The van der Waals surface area contributed by atoms with Gasteiger partial charge in [0.25, 0.3) is 5.56 Å². The van der Waals surface area contributed by atoms with E-state index in [1.807, 2.05) is 36.4 Å². The van der Waals surface area contributed by atoms with Gasteiger partial charge in [0, 0.05) is 5.92 Å². The molecule has 12 heteroatoms. The molecule has 41 heavy (non-hydrogen) atoms. The van der Waals surface area contributed by atoms with Gasteiger partial charge >= 0.3 is 5.97 Å². The predicted octanol–water partition coefficient (Wildman–Crippen LogP) is 2.82. The lowest BCUT2D eigenvalue weighted by Crippen LogP contribution is -2.46. The molecule has 2 aliphatic rings. The van der Waals surface area contributed by atoms with Gasteiger partial charge < -0.3 is 18.9 Å². The number of nitrogens with zero attached hydrogens (tertiary/aromatic N) is 3. The van der Waals surface area contributed by atoms with Crippen molar-refractivity contribution in [2.24, 2.45) is 5.92 Å². The number of hydrogen-bond acceptors (Lipinski definition) is 9. The van der Waals surface area contributed by atoms with Crippen LogP contribution in [-0.4, -0.2) is 62.4 Å². The summed E-state index contributed by atoms with van der Waals surface area (Å²) >= 11 is 0. The second kappa shape index (κ2) is 10.9. The Morgan fingerprint density at radius 3 is 2.61 bits per heavy atom. The molecule has 12 nitrogen and oxygen atoms in total. The van der Waals surface area contributed by atoms with Crippen molar-refractivity contribution in [2.75, 3.05) is 18.5 Å². The largest absolute Gasteiger partial charge is 0.459 e. The summed E-state index contributed by atoms with van der Waals surface area (Å²) in [6.07, 6.45) is -0.599. The standard InChI is InChI=1S/C29H29N5O7/c1-17(2)24(35)32-28-31-23-20(25(36)33-28)30-16-34(23)26-21-22(38-13-18-9-5-3-6-10-18)29(41-26,14-39-21)15-40-27(37)19-11-7-4-8-12-19/h3-12,16-17,21-22,26H,13-15H2,1-2H3,(H2,31,32,33,35,36)/t21-,22+,26-,29-/m1/s1. The number of nitrogens with one attached hydrogen (secondary N) is 2. The number of benzene rings is 2. The number of esters is 1. The van der Waals surface area contributed by atoms with Crippen LogP contribution in [0.15, 0.2) is 71.8 Å². The minimum Gasteiger partial charge on any atom is -0.459 e. The monoisotopic (exact) mass is 559 g/mol. The van der Waals surface area contributed by atoms with Gasteiger partial charge in [0.2, 0.25) is 11.9 Å². The number of hydrogen-bond donors (Lipinski definition) is 2. The highest BCUT2D eigenvalue weighted by molar-refractivity contribution is 5.91. The van der Waals surface area contributed by atoms with Crippen molar-refractivity contribution < 1.29 is 28.5 Å². The van der Waals surface area contributed by atoms with Crippen molar-refractivity contribution in [3.63, 3.8) is 0 Å². The Morgan fingerprint density at radius 1 is 1.15 bits per heavy atom. The Morgan fingerprint density at radius 2 is 1.88 bits per heavy atom. The lowest BCUT2D eigenvalue weighted by Gasteiger charge is -2.31. The highest BCUT2D eigenvalue weighted by Gasteiger charge is 2.64. The molecule has 212 valence electrons. The molecule has 2 saturated heterocycles. The average molecular weight is 560 g/mol. The summed E-state index contributed by atoms with van der Waals surface area (Å²) in [4.78, 5) is 49.0. The molecule has 2 aromatic carbocycles. The number of carbonyl (C=O) groups excluding carboxylic acids is 2. The summed E-state index contributed by atoms with van der Waals surface area (Å²) in [5.41, 5.74) is 0.00747. The van der Waals surface area contributed by atoms with E-state index in [0.717, 1.165) is 5.56 Å². The Kier molecular flexibility index (Phi) is 7.12. The van der Waals surface area contributed by atoms with Gasteiger partial charge in [-0.3, -0.25) is 24.5 Å². The first kappa shape index (κ1) is 26.8. The minimum atomic E-state index is -1.12. The van der Waals surface area contributed by atoms with Crippen LogP contribution in [0, 0.1) is 5.92 Å². The Balaban J connectivity index is 1.31. The van der Waals surface area contributed by atoms with E-state index in [1.165, 1.54) is 6.33 Å². The normalized spacial score (nSPS) is 23.2. The number of rotatable bonds is 9. The van der Waals surface area contributed by atoms with E-state index in [2.05, 4.69) is 20.3 Å². The molecule has 2 N–H and O–H groups in total. The molecule has 6 rings (SSSR count). The smallest absolute Gasteiger partial charge is 0.338 e. The van der Waals surface area contributed by atoms with E-state index in [4.69, 9.17) is 18.9 Å². The van der Waals surface area contributed by atoms with E-state index in [9.17, 15) is 14.4 Å². The number of fused-ring (bicyclic) bond motifs is 3. The Labute approximate surface area is 234 Å². The van der Waals surface area contributed by atoms with Gasteiger partial charge in [-0.15, -0.1) is 0 Å². The molecule has 0 spiro atoms. The third kappa shape index (κ3) is 5.12. The van der Waals surface area contributed by atoms with Gasteiger partial charge in [-0.2, -0.15) is 4.98 Å². The summed E-state index contributed by atoms with van der Waals surface area (Å²) in [7, 11) is 0. The fraction of sp³-hybridized carbons (Fsp3) is 0.345. The van der Waals surface area contributed by atoms with Crippen molar-refractivity contribution in [3.05, 3.63) is 88.5 Å². The minimum absolute atomic E-state index is 0.00425. The molecule has 4 atom stereocenters. The van der Waals surface area contributed by atoms with Crippen LogP contribution < -0.4 is 10.9 Å². The molecule has 4 heterocycles. The molecule has 4 aromatic rings. The highest BCUT2D eigenvalue weighted by atomic mass is 16.7. The Bertz CT molecular complexity index is 1620. The summed E-state index contributed by atoms with van der Waals surface area (Å²) in [6.45, 7) is 3.76. The molecule has 2 bridgehead atoms. The maximum absolute atomic E-state index is 12.8. The van der Waals surface area contributed by atoms with Crippen molar-refractivity contribution in [1.82, 2.24) is 19.5 Å². The number of amides is 1. The Hall–Kier alpha value is -4.39. The van der Waals surface area contributed by atoms with Crippen LogP contribution in [0.1, 0.15) is 36.0 Å². The van der Waals surface area contributed by atoms with Crippen LogP contribution in [0.2, 0.25) is 0 Å². The number of H-pyrrole nitrogens is 1. The SMILES string of the molecule is CC(C)C(=O)Nc1nc2c(ncn2[C@@H]2O[C@@]3(COC(=O)c4ccccc4)CO[C@@H]2[C@@H]3OCc2ccccc2)c(=O)[nH]1. The maximum atomic E-state index is 12.8. The molecule has 1 amide bonds. The first-order valence-electron chi connectivity index (χ1n) is 13.3. The predicted molar refractivity (Wildman–Crippen MR) is 146 cm³/mol. The molecular weight excluding hydrogens is 530 g/mol. The van der Waals surface area contributed by atoms with Crippen molar-refractivity contribution in [3.8, 4) is 0 Å². The second-order valence-corrected chi connectivity index (χ2v) is 10.4. The summed E-state index contributed by atoms with van der Waals surface area (Å²) in [5.74, 6) is -1.12. The molecule has 2 fully saturated rings. The fourth-order valence-electron chi connectivity index (χ4n) is 5.00. The van der Waals surface area contributed by atoms with Crippen LogP contribution in [-0.2, 0) is 30.3 Å². The van der Waals surface area contributed by atoms with Crippen LogP contribution in [0.3, 0.4) is 0 Å². The number of carbonyl (C=O) groups is 2. The quantitative estimate of drug-likeness (QED) is 0.296. The molecule has 0 radical (unpaired) electrons. The zero-order valence-electron chi connectivity index (χ0n) is 22.5. The number of aromatic amines is 1. The van der Waals surface area contributed by atoms with E-state index < -0.39 is 35.6 Å². The first-order chi connectivity index (χ1) is 19.8. The molecule has 0 saturated carbocycles. The zero-order chi connectivity index (χ0) is 28.6. The van der Waals surface area contributed by atoms with Gasteiger partial charge in [-0.05, 0) is 17.7 Å². The molecule has 2 aliphatic heterocycles. The number of imidazole rings is 1. The third-order valence-electron chi connectivity index (χ3n) is 7.18. The zero-order valence-corrected chi connectivity index (χ0v) is 22.5. The number of anilines is 1. The van der Waals surface area contributed by atoms with Gasteiger partial charge in [-0.1, -0.05) is 62.4 Å². The number of ether oxygens (including phenoxy) is 4. The third-order valence-corrected chi connectivity index (χ3v) is 7.18. The first-order valence-corrected chi connectivity index (χ1v) is 13.3. The van der Waals surface area contributed by atoms with Crippen LogP contribution in [0.25, 0.3) is 11.2 Å². The molecule has 0 unspecified atom stereocenters. The van der Waals surface area contributed by atoms with Crippen LogP contribution >= 0.6 is 0 Å². The molecule has 0 aliphatic carbocycles. The van der Waals surface area contributed by atoms with Crippen molar-refractivity contribution in [2.45, 2.75) is 44.5 Å². The fourth-order valence-corrected chi connectivity index (χ4v) is 5.00. The van der Waals surface area contributed by atoms with E-state index >= 15 is 0 Å². The summed E-state index contributed by atoms with van der Waals surface area (Å²) in [6, 6.07) is 18.3. The lowest BCUT2D eigenvalue weighted by atomic mass is 10.00.